The maximum Gasteiger partial charge on any atom is 0.306 e. The second-order valence-electron chi connectivity index (χ2n) is 6.23. The molecule has 0 atom stereocenters. The molecule has 0 spiro atoms. The first-order valence-corrected chi connectivity index (χ1v) is 8.86. The fraction of sp³-hybridized carbons (Fsp3) is 0.227. The second kappa shape index (κ2) is 8.81. The van der Waals surface area contributed by atoms with Crippen molar-refractivity contribution in [3.05, 3.63) is 71.9 Å². The number of nitriles is 1. The molecule has 0 fully saturated rings. The summed E-state index contributed by atoms with van der Waals surface area (Å²) < 4.78 is 7.06. The number of carbonyl (C=O) groups is 2. The molecule has 0 saturated carbocycles. The van der Waals surface area contributed by atoms with Crippen molar-refractivity contribution in [3.63, 3.8) is 0 Å². The highest BCUT2D eigenvalue weighted by atomic mass is 16.5. The largest absolute Gasteiger partial charge is 0.457 e. The molecule has 5 nitrogen and oxygen atoms in total. The van der Waals surface area contributed by atoms with Crippen molar-refractivity contribution in [2.24, 2.45) is 0 Å². The Morgan fingerprint density at radius 3 is 2.56 bits per heavy atom. The number of esters is 1. The number of hydrogen-bond acceptors (Lipinski definition) is 4. The molecule has 0 aliphatic heterocycles. The van der Waals surface area contributed by atoms with E-state index in [1.807, 2.05) is 59.2 Å². The van der Waals surface area contributed by atoms with E-state index in [0.717, 1.165) is 16.5 Å². The van der Waals surface area contributed by atoms with Gasteiger partial charge in [0.05, 0.1) is 12.5 Å². The highest BCUT2D eigenvalue weighted by Gasteiger charge is 2.16. The molecule has 0 saturated heterocycles. The van der Waals surface area contributed by atoms with Gasteiger partial charge in [0.25, 0.3) is 0 Å². The molecule has 0 amide bonds. The molecule has 1 heterocycles. The third-order valence-corrected chi connectivity index (χ3v) is 4.38. The summed E-state index contributed by atoms with van der Waals surface area (Å²) >= 11 is 0. The lowest BCUT2D eigenvalue weighted by Crippen LogP contribution is -2.14. The summed E-state index contributed by atoms with van der Waals surface area (Å²) in [6.45, 7) is 0.237. The highest BCUT2D eigenvalue weighted by molar-refractivity contribution is 6.09. The fourth-order valence-corrected chi connectivity index (χ4v) is 3.01. The van der Waals surface area contributed by atoms with Gasteiger partial charge in [0.2, 0.25) is 5.78 Å². The van der Waals surface area contributed by atoms with Crippen LogP contribution in [-0.4, -0.2) is 22.9 Å². The van der Waals surface area contributed by atoms with Gasteiger partial charge in [-0.05, 0) is 18.1 Å². The van der Waals surface area contributed by atoms with Gasteiger partial charge in [0, 0.05) is 35.6 Å². The van der Waals surface area contributed by atoms with Gasteiger partial charge in [-0.25, -0.2) is 0 Å². The van der Waals surface area contributed by atoms with Crippen LogP contribution in [0.4, 0.5) is 0 Å². The lowest BCUT2D eigenvalue weighted by Gasteiger charge is -2.04. The molecule has 2 aromatic carbocycles. The second-order valence-corrected chi connectivity index (χ2v) is 6.23. The number of Topliss-reactive ketones (excluding diaryl/α,β-unsaturated/α-hetero) is 1. The minimum absolute atomic E-state index is 0.237. The number of aryl methyl sites for hydroxylation is 2. The summed E-state index contributed by atoms with van der Waals surface area (Å²) in [4.78, 5) is 24.5. The highest BCUT2D eigenvalue weighted by Crippen LogP contribution is 2.22. The molecule has 0 N–H and O–H groups in total. The van der Waals surface area contributed by atoms with E-state index in [-0.39, 0.29) is 24.8 Å². The van der Waals surface area contributed by atoms with Gasteiger partial charge in [-0.15, -0.1) is 0 Å². The SMILES string of the molecule is N#CCCn1cc(C(=O)COC(=O)CCc2ccccc2)c2ccccc21. The molecule has 136 valence electrons. The summed E-state index contributed by atoms with van der Waals surface area (Å²) in [6.07, 6.45) is 2.92. The van der Waals surface area contributed by atoms with E-state index < -0.39 is 0 Å². The minimum atomic E-state index is -0.388. The van der Waals surface area contributed by atoms with Gasteiger partial charge in [-0.3, -0.25) is 9.59 Å². The van der Waals surface area contributed by atoms with Gasteiger partial charge in [0.1, 0.15) is 0 Å². The number of benzene rings is 2. The minimum Gasteiger partial charge on any atom is -0.457 e. The van der Waals surface area contributed by atoms with Gasteiger partial charge in [-0.2, -0.15) is 5.26 Å². The summed E-state index contributed by atoms with van der Waals surface area (Å²) in [7, 11) is 0. The van der Waals surface area contributed by atoms with E-state index in [9.17, 15) is 9.59 Å². The van der Waals surface area contributed by atoms with Crippen molar-refractivity contribution < 1.29 is 14.3 Å². The maximum atomic E-state index is 12.6. The third kappa shape index (κ3) is 4.62. The van der Waals surface area contributed by atoms with Crippen LogP contribution in [0.2, 0.25) is 0 Å². The Labute approximate surface area is 157 Å². The van der Waals surface area contributed by atoms with Gasteiger partial charge < -0.3 is 9.30 Å². The van der Waals surface area contributed by atoms with Crippen LogP contribution in [0.15, 0.2) is 60.8 Å². The summed E-state index contributed by atoms with van der Waals surface area (Å²) in [5.41, 5.74) is 2.47. The zero-order valence-corrected chi connectivity index (χ0v) is 14.9. The molecule has 0 radical (unpaired) electrons. The fourth-order valence-electron chi connectivity index (χ4n) is 3.01. The van der Waals surface area contributed by atoms with Crippen molar-refractivity contribution in [2.75, 3.05) is 6.61 Å². The maximum absolute atomic E-state index is 12.6. The monoisotopic (exact) mass is 360 g/mol. The van der Waals surface area contributed by atoms with E-state index in [1.54, 1.807) is 6.20 Å². The van der Waals surface area contributed by atoms with Gasteiger partial charge in [0.15, 0.2) is 6.61 Å². The number of fused-ring (bicyclic) bond motifs is 1. The van der Waals surface area contributed by atoms with Crippen LogP contribution in [0.1, 0.15) is 28.8 Å². The molecule has 3 aromatic rings. The molecule has 1 aromatic heterocycles. The summed E-state index contributed by atoms with van der Waals surface area (Å²) in [5.74, 6) is -0.629. The first kappa shape index (κ1) is 18.4. The molecule has 0 bridgehead atoms. The molecule has 0 unspecified atom stereocenters. The number of para-hydroxylation sites is 1. The van der Waals surface area contributed by atoms with Crippen molar-refractivity contribution >= 4 is 22.7 Å². The number of ketones is 1. The van der Waals surface area contributed by atoms with Crippen molar-refractivity contribution in [3.8, 4) is 6.07 Å². The van der Waals surface area contributed by atoms with E-state index >= 15 is 0 Å². The molecule has 3 rings (SSSR count). The van der Waals surface area contributed by atoms with E-state index in [0.29, 0.717) is 24.9 Å². The van der Waals surface area contributed by atoms with Crippen molar-refractivity contribution in [1.29, 1.82) is 5.26 Å². The van der Waals surface area contributed by atoms with E-state index in [1.165, 1.54) is 0 Å². The number of rotatable bonds is 8. The van der Waals surface area contributed by atoms with Crippen LogP contribution in [0, 0.1) is 11.3 Å². The van der Waals surface area contributed by atoms with Crippen LogP contribution in [-0.2, 0) is 22.5 Å². The van der Waals surface area contributed by atoms with Crippen LogP contribution in [0.25, 0.3) is 10.9 Å². The molecule has 5 heteroatoms. The molecule has 0 aliphatic carbocycles. The Balaban J connectivity index is 1.62. The summed E-state index contributed by atoms with van der Waals surface area (Å²) in [5, 5.41) is 9.61. The number of carbonyl (C=O) groups excluding carboxylic acids is 2. The Kier molecular flexibility index (Phi) is 6.01. The number of aromatic nitrogens is 1. The lowest BCUT2D eigenvalue weighted by atomic mass is 10.1. The zero-order chi connectivity index (χ0) is 19.1. The molecule has 27 heavy (non-hydrogen) atoms. The Morgan fingerprint density at radius 2 is 1.78 bits per heavy atom. The molecule has 0 aliphatic rings. The lowest BCUT2D eigenvalue weighted by molar-refractivity contribution is -0.142. The quantitative estimate of drug-likeness (QED) is 0.451. The first-order valence-electron chi connectivity index (χ1n) is 8.86. The number of ether oxygens (including phenoxy) is 1. The number of nitrogens with zero attached hydrogens (tertiary/aromatic N) is 2. The number of hydrogen-bond donors (Lipinski definition) is 0. The normalized spacial score (nSPS) is 10.5. The Bertz CT molecular complexity index is 984. The average Bonchev–Trinajstić information content (AvgIpc) is 3.08. The van der Waals surface area contributed by atoms with E-state index in [4.69, 9.17) is 10.00 Å². The van der Waals surface area contributed by atoms with Crippen molar-refractivity contribution in [1.82, 2.24) is 4.57 Å². The smallest absolute Gasteiger partial charge is 0.306 e. The van der Waals surface area contributed by atoms with E-state index in [2.05, 4.69) is 6.07 Å². The van der Waals surface area contributed by atoms with Gasteiger partial charge >= 0.3 is 5.97 Å². The standard InChI is InChI=1S/C22H20N2O3/c23-13-6-14-24-15-19(18-9-4-5-10-20(18)24)21(25)16-27-22(26)12-11-17-7-2-1-3-8-17/h1-5,7-10,15H,6,11-12,14,16H2. The van der Waals surface area contributed by atoms with Crippen LogP contribution in [0.5, 0.6) is 0 Å². The summed E-state index contributed by atoms with van der Waals surface area (Å²) in [6, 6.07) is 19.3. The van der Waals surface area contributed by atoms with Crippen molar-refractivity contribution in [2.45, 2.75) is 25.8 Å². The molecular weight excluding hydrogens is 340 g/mol. The van der Waals surface area contributed by atoms with Crippen LogP contribution in [0.3, 0.4) is 0 Å². The zero-order valence-electron chi connectivity index (χ0n) is 14.9. The topological polar surface area (TPSA) is 72.1 Å². The van der Waals surface area contributed by atoms with Crippen LogP contribution >= 0.6 is 0 Å². The first-order chi connectivity index (χ1) is 13.2. The van der Waals surface area contributed by atoms with Crippen LogP contribution < -0.4 is 0 Å². The predicted molar refractivity (Wildman–Crippen MR) is 102 cm³/mol. The average molecular weight is 360 g/mol. The predicted octanol–water partition coefficient (Wildman–Crippen LogP) is 3.91. The third-order valence-electron chi connectivity index (χ3n) is 4.38. The molecular formula is C22H20N2O3. The Morgan fingerprint density at radius 1 is 1.04 bits per heavy atom. The van der Waals surface area contributed by atoms with Gasteiger partial charge in [-0.1, -0.05) is 48.5 Å². The Hall–Kier alpha value is -3.39.